The number of likely N-dealkylation sites (tertiary alicyclic amines) is 1. The lowest BCUT2D eigenvalue weighted by Gasteiger charge is -2.47. The number of carbonyl (C=O) groups excluding carboxylic acids is 1. The van der Waals surface area contributed by atoms with Crippen LogP contribution in [-0.4, -0.2) is 34.6 Å². The molecular formula is C17H23NO2S. The van der Waals surface area contributed by atoms with Crippen molar-refractivity contribution in [1.82, 2.24) is 4.90 Å². The molecule has 2 fully saturated rings. The smallest absolute Gasteiger partial charge is 0.227 e. The number of benzene rings is 1. The molecule has 1 aliphatic carbocycles. The highest BCUT2D eigenvalue weighted by atomic mass is 32.1. The molecule has 0 aromatic heterocycles. The topological polar surface area (TPSA) is 40.5 Å². The van der Waals surface area contributed by atoms with E-state index in [2.05, 4.69) is 12.6 Å². The van der Waals surface area contributed by atoms with Crippen molar-refractivity contribution in [3.05, 3.63) is 29.8 Å². The standard InChI is InChI=1S/C17H23NO2S/c19-16(11-13-4-6-15(21)7-5-13)18-10-9-17(20)8-2-1-3-14(17)12-18/h4-7,14,20-21H,1-3,8-12H2. The molecule has 1 saturated carbocycles. The van der Waals surface area contributed by atoms with E-state index in [1.165, 1.54) is 6.42 Å². The van der Waals surface area contributed by atoms with Gasteiger partial charge in [0.2, 0.25) is 5.91 Å². The highest BCUT2D eigenvalue weighted by Crippen LogP contribution is 2.39. The first-order valence-electron chi connectivity index (χ1n) is 7.85. The number of piperidine rings is 1. The minimum Gasteiger partial charge on any atom is -0.389 e. The van der Waals surface area contributed by atoms with Gasteiger partial charge in [-0.2, -0.15) is 0 Å². The summed E-state index contributed by atoms with van der Waals surface area (Å²) in [5.41, 5.74) is 0.519. The van der Waals surface area contributed by atoms with Gasteiger partial charge in [-0.15, -0.1) is 12.6 Å². The fourth-order valence-electron chi connectivity index (χ4n) is 3.70. The molecular weight excluding hydrogens is 282 g/mol. The molecule has 2 unspecified atom stereocenters. The summed E-state index contributed by atoms with van der Waals surface area (Å²) in [5.74, 6) is 0.443. The van der Waals surface area contributed by atoms with Gasteiger partial charge in [0.15, 0.2) is 0 Å². The van der Waals surface area contributed by atoms with Gasteiger partial charge in [-0.25, -0.2) is 0 Å². The Balaban J connectivity index is 1.62. The van der Waals surface area contributed by atoms with Gasteiger partial charge in [-0.1, -0.05) is 25.0 Å². The molecule has 1 N–H and O–H groups in total. The minimum atomic E-state index is -0.511. The number of hydrogen-bond acceptors (Lipinski definition) is 3. The molecule has 4 heteroatoms. The van der Waals surface area contributed by atoms with Gasteiger partial charge in [-0.05, 0) is 37.0 Å². The maximum Gasteiger partial charge on any atom is 0.227 e. The van der Waals surface area contributed by atoms with Gasteiger partial charge in [-0.3, -0.25) is 4.79 Å². The number of carbonyl (C=O) groups is 1. The zero-order chi connectivity index (χ0) is 14.9. The molecule has 1 aliphatic heterocycles. The van der Waals surface area contributed by atoms with Crippen LogP contribution in [0.15, 0.2) is 29.2 Å². The third kappa shape index (κ3) is 3.27. The average Bonchev–Trinajstić information content (AvgIpc) is 2.48. The Labute approximate surface area is 131 Å². The number of rotatable bonds is 2. The summed E-state index contributed by atoms with van der Waals surface area (Å²) in [7, 11) is 0. The quantitative estimate of drug-likeness (QED) is 0.825. The van der Waals surface area contributed by atoms with E-state index < -0.39 is 5.60 Å². The Morgan fingerprint density at radius 3 is 2.81 bits per heavy atom. The molecule has 114 valence electrons. The van der Waals surface area contributed by atoms with Crippen molar-refractivity contribution >= 4 is 18.5 Å². The van der Waals surface area contributed by atoms with Gasteiger partial charge in [0.25, 0.3) is 0 Å². The predicted molar refractivity (Wildman–Crippen MR) is 85.5 cm³/mol. The summed E-state index contributed by atoms with van der Waals surface area (Å²) in [6.45, 7) is 1.41. The molecule has 3 rings (SSSR count). The van der Waals surface area contributed by atoms with Crippen LogP contribution in [0.4, 0.5) is 0 Å². The third-order valence-corrected chi connectivity index (χ3v) is 5.37. The van der Waals surface area contributed by atoms with Crippen molar-refractivity contribution in [2.24, 2.45) is 5.92 Å². The molecule has 3 nitrogen and oxygen atoms in total. The van der Waals surface area contributed by atoms with Crippen molar-refractivity contribution in [2.75, 3.05) is 13.1 Å². The Morgan fingerprint density at radius 2 is 2.05 bits per heavy atom. The van der Waals surface area contributed by atoms with Crippen LogP contribution in [0.5, 0.6) is 0 Å². The van der Waals surface area contributed by atoms with Crippen LogP contribution in [0.3, 0.4) is 0 Å². The second-order valence-corrected chi connectivity index (χ2v) is 7.00. The van der Waals surface area contributed by atoms with Gasteiger partial charge >= 0.3 is 0 Å². The average molecular weight is 305 g/mol. The molecule has 21 heavy (non-hydrogen) atoms. The SMILES string of the molecule is O=C(Cc1ccc(S)cc1)N1CCC2(O)CCCCC2C1. The summed E-state index contributed by atoms with van der Waals surface area (Å²) in [6.07, 6.45) is 5.44. The molecule has 0 radical (unpaired) electrons. The number of amides is 1. The molecule has 2 aliphatic rings. The van der Waals surface area contributed by atoms with Crippen LogP contribution in [0.1, 0.15) is 37.7 Å². The summed E-state index contributed by atoms with van der Waals surface area (Å²) in [5, 5.41) is 10.7. The van der Waals surface area contributed by atoms with E-state index in [1.807, 2.05) is 29.2 Å². The lowest BCUT2D eigenvalue weighted by molar-refractivity contribution is -0.142. The number of thiol groups is 1. The number of nitrogens with zero attached hydrogens (tertiary/aromatic N) is 1. The largest absolute Gasteiger partial charge is 0.389 e. The van der Waals surface area contributed by atoms with Crippen LogP contribution in [0, 0.1) is 5.92 Å². The summed E-state index contributed by atoms with van der Waals surface area (Å²) in [4.78, 5) is 15.3. The monoisotopic (exact) mass is 305 g/mol. The predicted octanol–water partition coefficient (Wildman–Crippen LogP) is 2.67. The van der Waals surface area contributed by atoms with E-state index in [9.17, 15) is 9.90 Å². The molecule has 0 spiro atoms. The van der Waals surface area contributed by atoms with Crippen molar-refractivity contribution in [1.29, 1.82) is 0 Å². The van der Waals surface area contributed by atoms with E-state index in [4.69, 9.17) is 0 Å². The number of fused-ring (bicyclic) bond motifs is 1. The zero-order valence-corrected chi connectivity index (χ0v) is 13.2. The molecule has 1 heterocycles. The highest BCUT2D eigenvalue weighted by molar-refractivity contribution is 7.80. The van der Waals surface area contributed by atoms with E-state index in [-0.39, 0.29) is 11.8 Å². The normalized spacial score (nSPS) is 29.0. The molecule has 1 aromatic rings. The lowest BCUT2D eigenvalue weighted by Crippen LogP contribution is -2.54. The zero-order valence-electron chi connectivity index (χ0n) is 12.3. The first-order valence-corrected chi connectivity index (χ1v) is 8.30. The van der Waals surface area contributed by atoms with Crippen LogP contribution in [0.25, 0.3) is 0 Å². The van der Waals surface area contributed by atoms with E-state index in [0.29, 0.717) is 13.0 Å². The Kier molecular flexibility index (Phi) is 4.27. The third-order valence-electron chi connectivity index (χ3n) is 5.07. The number of hydrogen-bond donors (Lipinski definition) is 2. The van der Waals surface area contributed by atoms with Crippen LogP contribution in [0.2, 0.25) is 0 Å². The van der Waals surface area contributed by atoms with E-state index in [0.717, 1.165) is 42.7 Å². The highest BCUT2D eigenvalue weighted by Gasteiger charge is 2.43. The molecule has 0 bridgehead atoms. The Morgan fingerprint density at radius 1 is 1.29 bits per heavy atom. The lowest BCUT2D eigenvalue weighted by atomic mass is 9.71. The molecule has 1 amide bonds. The summed E-state index contributed by atoms with van der Waals surface area (Å²) >= 11 is 4.26. The molecule has 1 saturated heterocycles. The first-order chi connectivity index (χ1) is 10.1. The van der Waals surface area contributed by atoms with Crippen LogP contribution < -0.4 is 0 Å². The Bertz CT molecular complexity index is 516. The van der Waals surface area contributed by atoms with Gasteiger partial charge in [0.1, 0.15) is 0 Å². The maximum absolute atomic E-state index is 12.5. The fourth-order valence-corrected chi connectivity index (χ4v) is 3.85. The van der Waals surface area contributed by atoms with Crippen LogP contribution >= 0.6 is 12.6 Å². The molecule has 2 atom stereocenters. The Hall–Kier alpha value is -1.00. The van der Waals surface area contributed by atoms with E-state index in [1.54, 1.807) is 0 Å². The van der Waals surface area contributed by atoms with E-state index >= 15 is 0 Å². The summed E-state index contributed by atoms with van der Waals surface area (Å²) < 4.78 is 0. The van der Waals surface area contributed by atoms with Crippen molar-refractivity contribution in [2.45, 2.75) is 49.0 Å². The number of aliphatic hydroxyl groups is 1. The van der Waals surface area contributed by atoms with Crippen molar-refractivity contribution in [3.63, 3.8) is 0 Å². The minimum absolute atomic E-state index is 0.175. The maximum atomic E-state index is 12.5. The second kappa shape index (κ2) is 6.01. The van der Waals surface area contributed by atoms with Crippen LogP contribution in [-0.2, 0) is 11.2 Å². The van der Waals surface area contributed by atoms with Gasteiger partial charge < -0.3 is 10.0 Å². The van der Waals surface area contributed by atoms with Gasteiger partial charge in [0.05, 0.1) is 12.0 Å². The molecule has 1 aromatic carbocycles. The van der Waals surface area contributed by atoms with Gasteiger partial charge in [0, 0.05) is 23.9 Å². The fraction of sp³-hybridized carbons (Fsp3) is 0.588. The van der Waals surface area contributed by atoms with Crippen molar-refractivity contribution in [3.8, 4) is 0 Å². The second-order valence-electron chi connectivity index (χ2n) is 6.48. The summed E-state index contributed by atoms with van der Waals surface area (Å²) in [6, 6.07) is 7.76. The van der Waals surface area contributed by atoms with Crippen molar-refractivity contribution < 1.29 is 9.90 Å². The first kappa shape index (κ1) is 14.9.